The van der Waals surface area contributed by atoms with Gasteiger partial charge in [-0.15, -0.1) is 0 Å². The van der Waals surface area contributed by atoms with Crippen LogP contribution in [0.3, 0.4) is 0 Å². The number of carbonyl (C=O) groups is 1. The third kappa shape index (κ3) is 5.10. The fourth-order valence-electron chi connectivity index (χ4n) is 5.12. The topological polar surface area (TPSA) is 79.2 Å². The minimum absolute atomic E-state index is 0.174. The van der Waals surface area contributed by atoms with Gasteiger partial charge >= 0.3 is 0 Å². The largest absolute Gasteiger partial charge is 0.308 e. The Balaban J connectivity index is 1.33. The lowest BCUT2D eigenvalue weighted by Gasteiger charge is -2.36. The second-order valence-corrected chi connectivity index (χ2v) is 10.3. The normalized spacial score (nSPS) is 18.5. The number of hydrogen-bond donors (Lipinski definition) is 1. The number of amides is 1. The first-order valence-electron chi connectivity index (χ1n) is 12.7. The van der Waals surface area contributed by atoms with Gasteiger partial charge in [0.1, 0.15) is 12.5 Å². The molecule has 1 fully saturated rings. The lowest BCUT2D eigenvalue weighted by Crippen LogP contribution is -2.49. The van der Waals surface area contributed by atoms with Crippen molar-refractivity contribution in [2.45, 2.75) is 45.4 Å². The van der Waals surface area contributed by atoms with Crippen LogP contribution >= 0.6 is 0 Å². The molecule has 3 aromatic heterocycles. The molecule has 10 heteroatoms. The van der Waals surface area contributed by atoms with Crippen molar-refractivity contribution in [3.8, 4) is 11.3 Å². The number of piperidine rings is 1. The molecule has 8 nitrogen and oxygen atoms in total. The lowest BCUT2D eigenvalue weighted by atomic mass is 9.92. The Labute approximate surface area is 209 Å². The number of carbonyl (C=O) groups excluding carboxylic acids is 1. The third-order valence-electron chi connectivity index (χ3n) is 7.12. The Morgan fingerprint density at radius 1 is 1.14 bits per heavy atom. The van der Waals surface area contributed by atoms with Gasteiger partial charge < -0.3 is 10.2 Å². The fraction of sp³-hybridized carbons (Fsp3) is 0.538. The van der Waals surface area contributed by atoms with Crippen molar-refractivity contribution in [2.75, 3.05) is 44.7 Å². The number of fused-ring (bicyclic) bond motifs is 2. The summed E-state index contributed by atoms with van der Waals surface area (Å²) < 4.78 is 30.3. The van der Waals surface area contributed by atoms with E-state index in [1.165, 1.54) is 0 Å². The molecular weight excluding hydrogens is 464 g/mol. The number of anilines is 1. The number of rotatable bonds is 7. The highest BCUT2D eigenvalue weighted by Gasteiger charge is 2.42. The monoisotopic (exact) mass is 497 g/mol. The predicted octanol–water partition coefficient (Wildman–Crippen LogP) is 3.68. The van der Waals surface area contributed by atoms with Gasteiger partial charge in [0.2, 0.25) is 0 Å². The number of halogens is 2. The second-order valence-electron chi connectivity index (χ2n) is 10.3. The summed E-state index contributed by atoms with van der Waals surface area (Å²) in [4.78, 5) is 26.2. The van der Waals surface area contributed by atoms with E-state index in [4.69, 9.17) is 4.98 Å². The molecule has 0 aliphatic carbocycles. The van der Waals surface area contributed by atoms with Crippen LogP contribution < -0.4 is 5.32 Å². The van der Waals surface area contributed by atoms with Crippen LogP contribution in [0, 0.1) is 5.92 Å². The first-order valence-corrected chi connectivity index (χ1v) is 12.7. The number of aromatic nitrogens is 4. The lowest BCUT2D eigenvalue weighted by molar-refractivity contribution is -0.130. The first-order chi connectivity index (χ1) is 17.3. The fourth-order valence-corrected chi connectivity index (χ4v) is 5.12. The van der Waals surface area contributed by atoms with E-state index in [2.05, 4.69) is 39.0 Å². The molecule has 3 aromatic rings. The molecule has 1 saturated heterocycles. The molecule has 5 heterocycles. The van der Waals surface area contributed by atoms with Crippen molar-refractivity contribution in [1.29, 1.82) is 0 Å². The van der Waals surface area contributed by atoms with Gasteiger partial charge in [-0.25, -0.2) is 18.7 Å². The van der Waals surface area contributed by atoms with Crippen LogP contribution in [0.15, 0.2) is 30.6 Å². The molecule has 0 radical (unpaired) electrons. The maximum absolute atomic E-state index is 15.5. The van der Waals surface area contributed by atoms with Crippen molar-refractivity contribution >= 4 is 22.6 Å². The van der Waals surface area contributed by atoms with Crippen molar-refractivity contribution in [2.24, 2.45) is 5.92 Å². The van der Waals surface area contributed by atoms with Gasteiger partial charge in [0.05, 0.1) is 29.6 Å². The number of alkyl halides is 2. The summed E-state index contributed by atoms with van der Waals surface area (Å²) >= 11 is 0. The van der Waals surface area contributed by atoms with Crippen LogP contribution in [0.25, 0.3) is 22.2 Å². The Morgan fingerprint density at radius 2 is 1.94 bits per heavy atom. The predicted molar refractivity (Wildman–Crippen MR) is 135 cm³/mol. The van der Waals surface area contributed by atoms with Gasteiger partial charge in [-0.1, -0.05) is 13.8 Å². The molecule has 0 atom stereocenters. The van der Waals surface area contributed by atoms with Crippen LogP contribution in [-0.4, -0.2) is 80.5 Å². The van der Waals surface area contributed by atoms with E-state index < -0.39 is 11.6 Å². The zero-order chi connectivity index (χ0) is 25.3. The van der Waals surface area contributed by atoms with Crippen molar-refractivity contribution in [3.63, 3.8) is 0 Å². The molecular formula is C26H33F2N7O. The van der Waals surface area contributed by atoms with E-state index in [0.29, 0.717) is 44.2 Å². The molecule has 1 N–H and O–H groups in total. The Kier molecular flexibility index (Phi) is 6.98. The zero-order valence-electron chi connectivity index (χ0n) is 20.9. The molecule has 2 aliphatic rings. The van der Waals surface area contributed by atoms with Crippen LogP contribution in [0.2, 0.25) is 0 Å². The molecule has 192 valence electrons. The van der Waals surface area contributed by atoms with E-state index in [1.54, 1.807) is 18.5 Å². The van der Waals surface area contributed by atoms with Crippen LogP contribution in [0.4, 0.5) is 14.6 Å². The number of nitrogens with zero attached hydrogens (tertiary/aromatic N) is 6. The van der Waals surface area contributed by atoms with E-state index in [1.807, 2.05) is 16.8 Å². The molecule has 1 amide bonds. The molecule has 2 aliphatic heterocycles. The minimum Gasteiger partial charge on any atom is -0.308 e. The van der Waals surface area contributed by atoms with Crippen LogP contribution in [-0.2, 0) is 17.9 Å². The SMILES string of the molecule is CC(C)CN1CCC(F)(C(=O)Nc2cc3nc(-c4cnn5c4CN(CCF)CC5)ccc3cn2)CC1. The zero-order valence-corrected chi connectivity index (χ0v) is 20.9. The van der Waals surface area contributed by atoms with Crippen LogP contribution in [0.5, 0.6) is 0 Å². The Bertz CT molecular complexity index is 1240. The molecule has 36 heavy (non-hydrogen) atoms. The molecule has 0 aromatic carbocycles. The third-order valence-corrected chi connectivity index (χ3v) is 7.12. The molecule has 0 unspecified atom stereocenters. The quantitative estimate of drug-likeness (QED) is 0.537. The van der Waals surface area contributed by atoms with E-state index in [9.17, 15) is 9.18 Å². The number of pyridine rings is 2. The van der Waals surface area contributed by atoms with Gasteiger partial charge in [0, 0.05) is 75.3 Å². The average Bonchev–Trinajstić information content (AvgIpc) is 3.28. The standard InChI is InChI=1S/C26H33F2N7O/c1-18(2)16-33-8-5-26(28,6-9-33)25(36)32-24-13-22-19(14-29-24)3-4-21(31-22)20-15-30-35-12-11-34(10-7-27)17-23(20)35/h3-4,13-15,18H,5-12,16-17H2,1-2H3,(H,29,32,36). The number of nitrogens with one attached hydrogen (secondary N) is 1. The van der Waals surface area contributed by atoms with Gasteiger partial charge in [-0.3, -0.25) is 14.4 Å². The average molecular weight is 498 g/mol. The summed E-state index contributed by atoms with van der Waals surface area (Å²) in [5, 5.41) is 7.98. The molecule has 0 spiro atoms. The van der Waals surface area contributed by atoms with Gasteiger partial charge in [0.25, 0.3) is 5.91 Å². The highest BCUT2D eigenvalue weighted by molar-refractivity contribution is 5.98. The maximum Gasteiger partial charge on any atom is 0.263 e. The van der Waals surface area contributed by atoms with Crippen LogP contribution in [0.1, 0.15) is 32.4 Å². The first kappa shape index (κ1) is 24.7. The van der Waals surface area contributed by atoms with E-state index in [-0.39, 0.29) is 25.3 Å². The summed E-state index contributed by atoms with van der Waals surface area (Å²) in [6, 6.07) is 5.51. The summed E-state index contributed by atoms with van der Waals surface area (Å²) in [6.45, 7) is 8.43. The molecule has 5 rings (SSSR count). The summed E-state index contributed by atoms with van der Waals surface area (Å²) in [5.74, 6) is 0.144. The maximum atomic E-state index is 15.5. The van der Waals surface area contributed by atoms with Gasteiger partial charge in [-0.2, -0.15) is 5.10 Å². The number of likely N-dealkylation sites (tertiary alicyclic amines) is 1. The van der Waals surface area contributed by atoms with E-state index in [0.717, 1.165) is 35.4 Å². The summed E-state index contributed by atoms with van der Waals surface area (Å²) in [5.41, 5.74) is 1.40. The van der Waals surface area contributed by atoms with Crippen molar-refractivity contribution in [3.05, 3.63) is 36.3 Å². The smallest absolute Gasteiger partial charge is 0.263 e. The summed E-state index contributed by atoms with van der Waals surface area (Å²) in [6.07, 6.45) is 3.78. The second kappa shape index (κ2) is 10.2. The Morgan fingerprint density at radius 3 is 2.69 bits per heavy atom. The molecule has 0 saturated carbocycles. The summed E-state index contributed by atoms with van der Waals surface area (Å²) in [7, 11) is 0. The number of hydrogen-bond acceptors (Lipinski definition) is 6. The Hall–Kier alpha value is -2.98. The minimum atomic E-state index is -1.90. The van der Waals surface area contributed by atoms with Crippen molar-refractivity contribution in [1.82, 2.24) is 29.5 Å². The van der Waals surface area contributed by atoms with Gasteiger partial charge in [0.15, 0.2) is 5.67 Å². The van der Waals surface area contributed by atoms with Gasteiger partial charge in [-0.05, 0) is 18.1 Å². The van der Waals surface area contributed by atoms with E-state index >= 15 is 4.39 Å². The highest BCUT2D eigenvalue weighted by atomic mass is 19.1. The highest BCUT2D eigenvalue weighted by Crippen LogP contribution is 2.30. The van der Waals surface area contributed by atoms with Crippen molar-refractivity contribution < 1.29 is 13.6 Å². The molecule has 0 bridgehead atoms.